The lowest BCUT2D eigenvalue weighted by atomic mass is 10.1. The van der Waals surface area contributed by atoms with Gasteiger partial charge in [-0.25, -0.2) is 0 Å². The molecule has 0 radical (unpaired) electrons. The Balaban J connectivity index is 1.89. The Morgan fingerprint density at radius 2 is 2.26 bits per heavy atom. The molecule has 1 amide bonds. The van der Waals surface area contributed by atoms with Crippen LogP contribution in [0.1, 0.15) is 24.8 Å². The highest BCUT2D eigenvalue weighted by atomic mass is 35.5. The molecule has 0 saturated heterocycles. The van der Waals surface area contributed by atoms with Crippen LogP contribution in [0.25, 0.3) is 0 Å². The smallest absolute Gasteiger partial charge is 0.222 e. The summed E-state index contributed by atoms with van der Waals surface area (Å²) < 4.78 is 0. The number of carbonyl (C=O) groups excluding carboxylic acids is 1. The van der Waals surface area contributed by atoms with Gasteiger partial charge in [-0.05, 0) is 37.5 Å². The van der Waals surface area contributed by atoms with Gasteiger partial charge >= 0.3 is 0 Å². The second-order valence-corrected chi connectivity index (χ2v) is 5.49. The largest absolute Gasteiger partial charge is 0.380 e. The van der Waals surface area contributed by atoms with Gasteiger partial charge in [0.1, 0.15) is 0 Å². The number of nitrogens with two attached hydrogens (primary N) is 1. The molecule has 104 valence electrons. The van der Waals surface area contributed by atoms with Crippen molar-refractivity contribution in [2.75, 3.05) is 11.9 Å². The average molecular weight is 282 g/mol. The fraction of sp³-hybridized carbons (Fsp3) is 0.500. The minimum Gasteiger partial charge on any atom is -0.380 e. The SMILES string of the molecule is Cc1ccc(NC(CN)CC(=O)NC2CC2)cc1Cl. The molecule has 0 aromatic heterocycles. The molecule has 5 heteroatoms. The number of hydrogen-bond acceptors (Lipinski definition) is 3. The van der Waals surface area contributed by atoms with Gasteiger partial charge in [0.2, 0.25) is 5.91 Å². The molecule has 1 fully saturated rings. The zero-order valence-electron chi connectivity index (χ0n) is 11.1. The predicted octanol–water partition coefficient (Wildman–Crippen LogP) is 2.06. The first-order valence-electron chi connectivity index (χ1n) is 6.60. The molecule has 0 heterocycles. The summed E-state index contributed by atoms with van der Waals surface area (Å²) in [6.45, 7) is 2.36. The van der Waals surface area contributed by atoms with E-state index in [1.807, 2.05) is 25.1 Å². The zero-order valence-corrected chi connectivity index (χ0v) is 11.8. The number of benzene rings is 1. The van der Waals surface area contributed by atoms with Gasteiger partial charge in [0, 0.05) is 35.8 Å². The number of nitrogens with one attached hydrogen (secondary N) is 2. The van der Waals surface area contributed by atoms with Gasteiger partial charge in [-0.3, -0.25) is 4.79 Å². The molecule has 1 unspecified atom stereocenters. The minimum absolute atomic E-state index is 0.0589. The third-order valence-electron chi connectivity index (χ3n) is 3.20. The highest BCUT2D eigenvalue weighted by Crippen LogP contribution is 2.21. The Morgan fingerprint density at radius 3 is 2.84 bits per heavy atom. The number of carbonyl (C=O) groups is 1. The summed E-state index contributed by atoms with van der Waals surface area (Å²) in [4.78, 5) is 11.7. The monoisotopic (exact) mass is 281 g/mol. The first-order valence-corrected chi connectivity index (χ1v) is 6.98. The summed E-state index contributed by atoms with van der Waals surface area (Å²) in [5.74, 6) is 0.0589. The third-order valence-corrected chi connectivity index (χ3v) is 3.61. The third kappa shape index (κ3) is 4.40. The lowest BCUT2D eigenvalue weighted by molar-refractivity contribution is -0.121. The summed E-state index contributed by atoms with van der Waals surface area (Å²) in [5.41, 5.74) is 7.63. The standard InChI is InChI=1S/C14H20ClN3O/c1-9-2-3-11(6-13(9)15)17-12(8-16)7-14(19)18-10-4-5-10/h2-3,6,10,12,17H,4-5,7-8,16H2,1H3,(H,18,19). The fourth-order valence-electron chi connectivity index (χ4n) is 1.85. The maximum Gasteiger partial charge on any atom is 0.222 e. The van der Waals surface area contributed by atoms with Gasteiger partial charge in [-0.15, -0.1) is 0 Å². The van der Waals surface area contributed by atoms with E-state index < -0.39 is 0 Å². The van der Waals surface area contributed by atoms with Crippen molar-refractivity contribution in [1.29, 1.82) is 0 Å². The van der Waals surface area contributed by atoms with Crippen molar-refractivity contribution < 1.29 is 4.79 Å². The highest BCUT2D eigenvalue weighted by Gasteiger charge is 2.24. The van der Waals surface area contributed by atoms with Gasteiger partial charge in [0.05, 0.1) is 0 Å². The molecule has 0 aliphatic heterocycles. The number of hydrogen-bond donors (Lipinski definition) is 3. The second kappa shape index (κ2) is 6.26. The Labute approximate surface area is 118 Å². The Kier molecular flexibility index (Phi) is 4.66. The molecule has 1 aliphatic rings. The topological polar surface area (TPSA) is 67.1 Å². The van der Waals surface area contributed by atoms with E-state index in [0.29, 0.717) is 24.0 Å². The van der Waals surface area contributed by atoms with E-state index in [2.05, 4.69) is 10.6 Å². The predicted molar refractivity (Wildman–Crippen MR) is 78.4 cm³/mol. The van der Waals surface area contributed by atoms with E-state index in [-0.39, 0.29) is 11.9 Å². The summed E-state index contributed by atoms with van der Waals surface area (Å²) >= 11 is 6.07. The lowest BCUT2D eigenvalue weighted by Crippen LogP contribution is -2.36. The van der Waals surface area contributed by atoms with Crippen LogP contribution in [0.3, 0.4) is 0 Å². The van der Waals surface area contributed by atoms with E-state index in [1.165, 1.54) is 0 Å². The van der Waals surface area contributed by atoms with E-state index in [9.17, 15) is 4.79 Å². The summed E-state index contributed by atoms with van der Waals surface area (Å²) in [7, 11) is 0. The maximum atomic E-state index is 11.7. The average Bonchev–Trinajstić information content (AvgIpc) is 3.16. The summed E-state index contributed by atoms with van der Waals surface area (Å²) in [5, 5.41) is 6.93. The van der Waals surface area contributed by atoms with Crippen molar-refractivity contribution in [3.8, 4) is 0 Å². The molecule has 0 spiro atoms. The maximum absolute atomic E-state index is 11.7. The molecule has 1 atom stereocenters. The molecule has 1 saturated carbocycles. The van der Waals surface area contributed by atoms with Gasteiger partial charge < -0.3 is 16.4 Å². The minimum atomic E-state index is -0.0717. The van der Waals surface area contributed by atoms with Crippen LogP contribution in [-0.4, -0.2) is 24.5 Å². The van der Waals surface area contributed by atoms with E-state index in [1.54, 1.807) is 0 Å². The van der Waals surface area contributed by atoms with Crippen LogP contribution in [0.4, 0.5) is 5.69 Å². The highest BCUT2D eigenvalue weighted by molar-refractivity contribution is 6.31. The van der Waals surface area contributed by atoms with Gasteiger partial charge in [0.15, 0.2) is 0 Å². The first kappa shape index (κ1) is 14.2. The van der Waals surface area contributed by atoms with Crippen molar-refractivity contribution in [3.05, 3.63) is 28.8 Å². The molecule has 1 aromatic rings. The van der Waals surface area contributed by atoms with Crippen LogP contribution in [-0.2, 0) is 4.79 Å². The van der Waals surface area contributed by atoms with Crippen molar-refractivity contribution in [2.24, 2.45) is 5.73 Å². The molecule has 2 rings (SSSR count). The van der Waals surface area contributed by atoms with E-state index in [4.69, 9.17) is 17.3 Å². The molecular formula is C14H20ClN3O. The zero-order chi connectivity index (χ0) is 13.8. The van der Waals surface area contributed by atoms with Crippen LogP contribution in [0, 0.1) is 6.92 Å². The second-order valence-electron chi connectivity index (χ2n) is 5.09. The van der Waals surface area contributed by atoms with E-state index >= 15 is 0 Å². The Morgan fingerprint density at radius 1 is 1.53 bits per heavy atom. The number of amides is 1. The van der Waals surface area contributed by atoms with Crippen LogP contribution in [0.15, 0.2) is 18.2 Å². The van der Waals surface area contributed by atoms with Crippen molar-refractivity contribution >= 4 is 23.2 Å². The molecule has 4 N–H and O–H groups in total. The van der Waals surface area contributed by atoms with Crippen LogP contribution in [0.2, 0.25) is 5.02 Å². The molecule has 19 heavy (non-hydrogen) atoms. The van der Waals surface area contributed by atoms with Gasteiger partial charge in [-0.1, -0.05) is 17.7 Å². The molecule has 4 nitrogen and oxygen atoms in total. The number of halogens is 1. The Bertz CT molecular complexity index is 460. The number of aryl methyl sites for hydroxylation is 1. The van der Waals surface area contributed by atoms with Crippen LogP contribution >= 0.6 is 11.6 Å². The van der Waals surface area contributed by atoms with Crippen LogP contribution < -0.4 is 16.4 Å². The van der Waals surface area contributed by atoms with E-state index in [0.717, 1.165) is 24.1 Å². The van der Waals surface area contributed by atoms with Gasteiger partial charge in [0.25, 0.3) is 0 Å². The molecule has 1 aliphatic carbocycles. The Hall–Kier alpha value is -1.26. The lowest BCUT2D eigenvalue weighted by Gasteiger charge is -2.18. The first-order chi connectivity index (χ1) is 9.08. The normalized spacial score (nSPS) is 15.9. The fourth-order valence-corrected chi connectivity index (χ4v) is 2.03. The molecule has 1 aromatic carbocycles. The molecule has 0 bridgehead atoms. The molecular weight excluding hydrogens is 262 g/mol. The van der Waals surface area contributed by atoms with Crippen molar-refractivity contribution in [3.63, 3.8) is 0 Å². The van der Waals surface area contributed by atoms with Crippen molar-refractivity contribution in [1.82, 2.24) is 5.32 Å². The van der Waals surface area contributed by atoms with Gasteiger partial charge in [-0.2, -0.15) is 0 Å². The quantitative estimate of drug-likeness (QED) is 0.748. The number of anilines is 1. The number of rotatable bonds is 6. The summed E-state index contributed by atoms with van der Waals surface area (Å²) in [6.07, 6.45) is 2.58. The summed E-state index contributed by atoms with van der Waals surface area (Å²) in [6, 6.07) is 6.07. The van der Waals surface area contributed by atoms with Crippen molar-refractivity contribution in [2.45, 2.75) is 38.3 Å². The van der Waals surface area contributed by atoms with Crippen LogP contribution in [0.5, 0.6) is 0 Å².